The van der Waals surface area contributed by atoms with E-state index in [1.54, 1.807) is 17.3 Å². The van der Waals surface area contributed by atoms with Crippen molar-refractivity contribution in [2.24, 2.45) is 0 Å². The summed E-state index contributed by atoms with van der Waals surface area (Å²) in [6, 6.07) is 4.28. The Kier molecular flexibility index (Phi) is 3.41. The number of aryl methyl sites for hydroxylation is 1. The van der Waals surface area contributed by atoms with Crippen LogP contribution >= 0.6 is 0 Å². The molecule has 1 saturated heterocycles. The molecule has 118 valence electrons. The minimum Gasteiger partial charge on any atom is -0.478 e. The molecule has 1 spiro atoms. The van der Waals surface area contributed by atoms with E-state index in [2.05, 4.69) is 6.58 Å². The molecule has 1 aromatic rings. The summed E-state index contributed by atoms with van der Waals surface area (Å²) in [6.45, 7) is 6.12. The van der Waals surface area contributed by atoms with Gasteiger partial charge in [0.25, 0.3) is 0 Å². The highest BCUT2D eigenvalue weighted by Gasteiger charge is 2.54. The Morgan fingerprint density at radius 3 is 2.59 bits per heavy atom. The summed E-state index contributed by atoms with van der Waals surface area (Å²) in [5, 5.41) is 9.14. The van der Waals surface area contributed by atoms with Gasteiger partial charge < -0.3 is 5.11 Å². The Labute approximate surface area is 130 Å². The second-order valence-corrected chi connectivity index (χ2v) is 8.18. The highest BCUT2D eigenvalue weighted by Crippen LogP contribution is 2.51. The average Bonchev–Trinajstić information content (AvgIpc) is 3.17. The van der Waals surface area contributed by atoms with Crippen molar-refractivity contribution < 1.29 is 18.3 Å². The predicted octanol–water partition coefficient (Wildman–Crippen LogP) is 2.57. The first kappa shape index (κ1) is 15.2. The van der Waals surface area contributed by atoms with Gasteiger partial charge in [0, 0.05) is 12.1 Å². The number of hydrogen-bond donors (Lipinski definition) is 1. The molecule has 1 aliphatic heterocycles. The van der Waals surface area contributed by atoms with E-state index >= 15 is 0 Å². The Balaban J connectivity index is 2.03. The fourth-order valence-corrected chi connectivity index (χ4v) is 5.19. The quantitative estimate of drug-likeness (QED) is 0.868. The standard InChI is InChI=1S/C16H19NO4S/c1-11-3-6-17(16(10-11)4-5-16)22(20,21)14-8-12(2)7-13(9-14)15(18)19/h7-9H,1,3-6,10H2,2H3,(H,18,19). The molecule has 1 N–H and O–H groups in total. The molecule has 0 atom stereocenters. The van der Waals surface area contributed by atoms with Gasteiger partial charge in [0.1, 0.15) is 0 Å². The Bertz CT molecular complexity index is 762. The molecule has 3 rings (SSSR count). The fraction of sp³-hybridized carbons (Fsp3) is 0.438. The molecular formula is C16H19NO4S. The molecule has 6 heteroatoms. The zero-order valence-electron chi connectivity index (χ0n) is 12.5. The normalized spacial score (nSPS) is 21.0. The number of benzene rings is 1. The summed E-state index contributed by atoms with van der Waals surface area (Å²) in [4.78, 5) is 11.2. The van der Waals surface area contributed by atoms with E-state index in [1.807, 2.05) is 0 Å². The van der Waals surface area contributed by atoms with Gasteiger partial charge in [-0.25, -0.2) is 13.2 Å². The molecule has 0 amide bonds. The van der Waals surface area contributed by atoms with E-state index in [-0.39, 0.29) is 16.0 Å². The zero-order chi connectivity index (χ0) is 16.1. The number of carboxylic acids is 1. The van der Waals surface area contributed by atoms with Gasteiger partial charge in [-0.2, -0.15) is 4.31 Å². The van der Waals surface area contributed by atoms with Gasteiger partial charge in [-0.3, -0.25) is 0 Å². The van der Waals surface area contributed by atoms with Gasteiger partial charge in [0.15, 0.2) is 0 Å². The molecule has 1 saturated carbocycles. The molecular weight excluding hydrogens is 302 g/mol. The van der Waals surface area contributed by atoms with Crippen LogP contribution in [0.15, 0.2) is 35.2 Å². The number of aromatic carboxylic acids is 1. The lowest BCUT2D eigenvalue weighted by Gasteiger charge is -2.36. The topological polar surface area (TPSA) is 74.7 Å². The van der Waals surface area contributed by atoms with Crippen LogP contribution in [0, 0.1) is 6.92 Å². The monoisotopic (exact) mass is 321 g/mol. The third kappa shape index (κ3) is 2.46. The van der Waals surface area contributed by atoms with Gasteiger partial charge in [0.2, 0.25) is 10.0 Å². The van der Waals surface area contributed by atoms with Crippen LogP contribution < -0.4 is 0 Å². The second-order valence-electron chi connectivity index (χ2n) is 6.32. The maximum atomic E-state index is 13.0. The smallest absolute Gasteiger partial charge is 0.335 e. The highest BCUT2D eigenvalue weighted by molar-refractivity contribution is 7.89. The summed E-state index contributed by atoms with van der Waals surface area (Å²) >= 11 is 0. The van der Waals surface area contributed by atoms with Gasteiger partial charge in [-0.1, -0.05) is 12.2 Å². The molecule has 0 bridgehead atoms. The summed E-state index contributed by atoms with van der Waals surface area (Å²) in [5.41, 5.74) is 1.41. The largest absolute Gasteiger partial charge is 0.478 e. The minimum atomic E-state index is -3.68. The summed E-state index contributed by atoms with van der Waals surface area (Å²) in [5.74, 6) is -1.12. The summed E-state index contributed by atoms with van der Waals surface area (Å²) in [7, 11) is -3.68. The van der Waals surface area contributed by atoms with Crippen molar-refractivity contribution >= 4 is 16.0 Å². The third-order valence-electron chi connectivity index (χ3n) is 4.49. The number of hydrogen-bond acceptors (Lipinski definition) is 3. The molecule has 0 radical (unpaired) electrons. The number of carbonyl (C=O) groups is 1. The van der Waals surface area contributed by atoms with Crippen molar-refractivity contribution in [2.75, 3.05) is 6.54 Å². The molecule has 22 heavy (non-hydrogen) atoms. The summed E-state index contributed by atoms with van der Waals surface area (Å²) < 4.78 is 27.5. The van der Waals surface area contributed by atoms with Crippen LogP contribution in [0.25, 0.3) is 0 Å². The SMILES string of the molecule is C=C1CCN(S(=O)(=O)c2cc(C)cc(C(=O)O)c2)C2(CC2)C1. The number of nitrogens with zero attached hydrogens (tertiary/aromatic N) is 1. The molecule has 2 fully saturated rings. The van der Waals surface area contributed by atoms with Crippen LogP contribution in [-0.4, -0.2) is 35.9 Å². The van der Waals surface area contributed by atoms with E-state index in [1.165, 1.54) is 12.1 Å². The van der Waals surface area contributed by atoms with Gasteiger partial charge in [-0.15, -0.1) is 0 Å². The van der Waals surface area contributed by atoms with Crippen LogP contribution in [0.5, 0.6) is 0 Å². The van der Waals surface area contributed by atoms with E-state index < -0.39 is 16.0 Å². The van der Waals surface area contributed by atoms with Crippen molar-refractivity contribution in [3.63, 3.8) is 0 Å². The van der Waals surface area contributed by atoms with E-state index in [4.69, 9.17) is 5.11 Å². The first-order valence-electron chi connectivity index (χ1n) is 7.29. The lowest BCUT2D eigenvalue weighted by atomic mass is 9.98. The maximum absolute atomic E-state index is 13.0. The Hall–Kier alpha value is -1.66. The average molecular weight is 321 g/mol. The van der Waals surface area contributed by atoms with Crippen LogP contribution in [0.3, 0.4) is 0 Å². The molecule has 1 aliphatic carbocycles. The maximum Gasteiger partial charge on any atom is 0.335 e. The lowest BCUT2D eigenvalue weighted by Crippen LogP contribution is -2.46. The number of piperidine rings is 1. The first-order valence-corrected chi connectivity index (χ1v) is 8.73. The lowest BCUT2D eigenvalue weighted by molar-refractivity contribution is 0.0696. The Morgan fingerprint density at radius 1 is 1.32 bits per heavy atom. The van der Waals surface area contributed by atoms with E-state index in [9.17, 15) is 13.2 Å². The van der Waals surface area contributed by atoms with Crippen LogP contribution in [0.1, 0.15) is 41.6 Å². The van der Waals surface area contributed by atoms with Gasteiger partial charge in [-0.05, 0) is 56.4 Å². The van der Waals surface area contributed by atoms with Crippen molar-refractivity contribution in [3.8, 4) is 0 Å². The number of sulfonamides is 1. The van der Waals surface area contributed by atoms with Crippen molar-refractivity contribution in [1.82, 2.24) is 4.31 Å². The Morgan fingerprint density at radius 2 is 2.00 bits per heavy atom. The van der Waals surface area contributed by atoms with Crippen LogP contribution in [-0.2, 0) is 10.0 Å². The van der Waals surface area contributed by atoms with Crippen molar-refractivity contribution in [2.45, 2.75) is 43.0 Å². The van der Waals surface area contributed by atoms with Crippen LogP contribution in [0.4, 0.5) is 0 Å². The molecule has 0 unspecified atom stereocenters. The van der Waals surface area contributed by atoms with E-state index in [0.717, 1.165) is 18.4 Å². The van der Waals surface area contributed by atoms with Crippen molar-refractivity contribution in [1.29, 1.82) is 0 Å². The van der Waals surface area contributed by atoms with E-state index in [0.29, 0.717) is 24.9 Å². The highest BCUT2D eigenvalue weighted by atomic mass is 32.2. The van der Waals surface area contributed by atoms with Gasteiger partial charge in [0.05, 0.1) is 10.5 Å². The van der Waals surface area contributed by atoms with Gasteiger partial charge >= 0.3 is 5.97 Å². The summed E-state index contributed by atoms with van der Waals surface area (Å²) in [6.07, 6.45) is 3.08. The fourth-order valence-electron chi connectivity index (χ4n) is 3.23. The first-order chi connectivity index (χ1) is 10.2. The number of rotatable bonds is 3. The third-order valence-corrected chi connectivity index (χ3v) is 6.47. The van der Waals surface area contributed by atoms with Crippen molar-refractivity contribution in [3.05, 3.63) is 41.5 Å². The molecule has 1 aromatic carbocycles. The number of carboxylic acid groups (broad SMARTS) is 1. The molecule has 0 aromatic heterocycles. The zero-order valence-corrected chi connectivity index (χ0v) is 13.3. The molecule has 2 aliphatic rings. The molecule has 5 nitrogen and oxygen atoms in total. The minimum absolute atomic E-state index is 0.00448. The predicted molar refractivity (Wildman–Crippen MR) is 82.4 cm³/mol. The second kappa shape index (κ2) is 4.93. The molecule has 1 heterocycles. The van der Waals surface area contributed by atoms with Crippen LogP contribution in [0.2, 0.25) is 0 Å².